The Bertz CT molecular complexity index is 1250. The molecule has 0 aliphatic rings. The molecule has 2 amide bonds. The number of benzene rings is 2. The van der Waals surface area contributed by atoms with Crippen molar-refractivity contribution in [3.05, 3.63) is 67.1 Å². The molecule has 0 fully saturated rings. The fourth-order valence-corrected chi connectivity index (χ4v) is 3.34. The van der Waals surface area contributed by atoms with Gasteiger partial charge in [-0.05, 0) is 30.7 Å². The molecule has 12 heteroatoms. The average molecular weight is 481 g/mol. The van der Waals surface area contributed by atoms with Crippen LogP contribution in [0.25, 0.3) is 11.1 Å². The minimum absolute atomic E-state index is 0.0860. The van der Waals surface area contributed by atoms with Crippen molar-refractivity contribution < 1.29 is 18.9 Å². The summed E-state index contributed by atoms with van der Waals surface area (Å²) in [6, 6.07) is 8.53. The second-order valence-electron chi connectivity index (χ2n) is 6.96. The van der Waals surface area contributed by atoms with Crippen LogP contribution in [0.15, 0.2) is 45.6 Å². The molecule has 1 aromatic heterocycles. The molecule has 3 rings (SSSR count). The molecule has 2 aromatic carbocycles. The maximum atomic E-state index is 12.3. The number of hydrogen-bond donors (Lipinski definition) is 1. The van der Waals surface area contributed by atoms with Gasteiger partial charge >= 0.3 is 5.76 Å². The summed E-state index contributed by atoms with van der Waals surface area (Å²) in [6.45, 7) is 0.00995. The molecule has 10 nitrogen and oxygen atoms in total. The lowest BCUT2D eigenvalue weighted by atomic mass is 10.2. The SMILES string of the molecule is CN(CC(=O)Nc1ccc(Cl)c(Cl)c1)C(=O)CCCn1c(=O)oc2cc([N+](=O)[O-])ccc21. The van der Waals surface area contributed by atoms with Gasteiger partial charge in [-0.1, -0.05) is 23.2 Å². The van der Waals surface area contributed by atoms with Crippen molar-refractivity contribution in [2.24, 2.45) is 0 Å². The number of anilines is 1. The first kappa shape index (κ1) is 23.3. The van der Waals surface area contributed by atoms with Crippen LogP contribution >= 0.6 is 23.2 Å². The lowest BCUT2D eigenvalue weighted by Gasteiger charge is -2.17. The zero-order valence-electron chi connectivity index (χ0n) is 16.8. The largest absolute Gasteiger partial charge is 0.419 e. The lowest BCUT2D eigenvalue weighted by Crippen LogP contribution is -2.35. The van der Waals surface area contributed by atoms with Crippen LogP contribution in [0, 0.1) is 10.1 Å². The van der Waals surface area contributed by atoms with Crippen LogP contribution in [0.1, 0.15) is 12.8 Å². The Hall–Kier alpha value is -3.37. The Kier molecular flexibility index (Phi) is 7.16. The molecule has 0 bridgehead atoms. The number of fused-ring (bicyclic) bond motifs is 1. The zero-order chi connectivity index (χ0) is 23.4. The second-order valence-corrected chi connectivity index (χ2v) is 7.77. The number of aromatic nitrogens is 1. The standard InChI is InChI=1S/C20H18Cl2N4O6/c1-24(11-18(27)23-12-4-6-14(21)15(22)9-12)19(28)3-2-8-25-16-7-5-13(26(30)31)10-17(16)32-20(25)29/h4-7,9-10H,2-3,8,11H2,1H3,(H,23,27). The third kappa shape index (κ3) is 5.45. The van der Waals surface area contributed by atoms with E-state index in [9.17, 15) is 24.5 Å². The van der Waals surface area contributed by atoms with Crippen molar-refractivity contribution in [2.45, 2.75) is 19.4 Å². The van der Waals surface area contributed by atoms with Gasteiger partial charge in [0.05, 0.1) is 33.1 Å². The number of likely N-dealkylation sites (N-methyl/N-ethyl adjacent to an activating group) is 1. The number of carbonyl (C=O) groups is 2. The summed E-state index contributed by atoms with van der Waals surface area (Å²) >= 11 is 11.8. The predicted octanol–water partition coefficient (Wildman–Crippen LogP) is 3.69. The summed E-state index contributed by atoms with van der Waals surface area (Å²) in [5.74, 6) is -1.36. The highest BCUT2D eigenvalue weighted by atomic mass is 35.5. The number of nitrogens with one attached hydrogen (secondary N) is 1. The van der Waals surface area contributed by atoms with Crippen LogP contribution in [0.4, 0.5) is 11.4 Å². The number of aryl methyl sites for hydroxylation is 1. The summed E-state index contributed by atoms with van der Waals surface area (Å²) in [4.78, 5) is 48.1. The highest BCUT2D eigenvalue weighted by molar-refractivity contribution is 6.42. The first-order chi connectivity index (χ1) is 15.2. The molecule has 0 saturated carbocycles. The van der Waals surface area contributed by atoms with E-state index in [0.717, 1.165) is 0 Å². The van der Waals surface area contributed by atoms with Crippen LogP contribution in [-0.2, 0) is 16.1 Å². The van der Waals surface area contributed by atoms with Gasteiger partial charge in [0.2, 0.25) is 11.8 Å². The predicted molar refractivity (Wildman–Crippen MR) is 119 cm³/mol. The van der Waals surface area contributed by atoms with Gasteiger partial charge in [-0.15, -0.1) is 0 Å². The van der Waals surface area contributed by atoms with Gasteiger partial charge in [-0.25, -0.2) is 4.79 Å². The Balaban J connectivity index is 1.53. The molecular weight excluding hydrogens is 463 g/mol. The Labute approximate surface area is 191 Å². The normalized spacial score (nSPS) is 10.8. The number of halogens is 2. The molecule has 0 aliphatic carbocycles. The summed E-state index contributed by atoms with van der Waals surface area (Å²) in [6.07, 6.45) is 0.395. The summed E-state index contributed by atoms with van der Waals surface area (Å²) in [5.41, 5.74) is 0.778. The fourth-order valence-electron chi connectivity index (χ4n) is 3.04. The summed E-state index contributed by atoms with van der Waals surface area (Å²) in [5, 5.41) is 14.1. The molecule has 1 heterocycles. The smallest absolute Gasteiger partial charge is 0.407 e. The fraction of sp³-hybridized carbons (Fsp3) is 0.250. The van der Waals surface area contributed by atoms with Gasteiger partial charge in [0.15, 0.2) is 5.58 Å². The highest BCUT2D eigenvalue weighted by Crippen LogP contribution is 2.25. The molecule has 3 aromatic rings. The van der Waals surface area contributed by atoms with Crippen LogP contribution in [0.3, 0.4) is 0 Å². The van der Waals surface area contributed by atoms with E-state index in [1.165, 1.54) is 40.8 Å². The number of hydrogen-bond acceptors (Lipinski definition) is 6. The second kappa shape index (κ2) is 9.84. The van der Waals surface area contributed by atoms with E-state index in [4.69, 9.17) is 27.6 Å². The van der Waals surface area contributed by atoms with Gasteiger partial charge in [-0.3, -0.25) is 24.3 Å². The van der Waals surface area contributed by atoms with Crippen molar-refractivity contribution in [3.8, 4) is 0 Å². The summed E-state index contributed by atoms with van der Waals surface area (Å²) in [7, 11) is 1.50. The molecule has 0 spiro atoms. The van der Waals surface area contributed by atoms with E-state index < -0.39 is 16.6 Å². The maximum Gasteiger partial charge on any atom is 0.419 e. The van der Waals surface area contributed by atoms with Gasteiger partial charge in [0.25, 0.3) is 5.69 Å². The monoisotopic (exact) mass is 480 g/mol. The van der Waals surface area contributed by atoms with E-state index in [1.54, 1.807) is 12.1 Å². The first-order valence-corrected chi connectivity index (χ1v) is 10.2. The Morgan fingerprint density at radius 3 is 2.62 bits per heavy atom. The molecule has 0 unspecified atom stereocenters. The number of amides is 2. The van der Waals surface area contributed by atoms with E-state index in [1.807, 2.05) is 0 Å². The lowest BCUT2D eigenvalue weighted by molar-refractivity contribution is -0.384. The van der Waals surface area contributed by atoms with Crippen LogP contribution in [0.5, 0.6) is 0 Å². The highest BCUT2D eigenvalue weighted by Gasteiger charge is 2.16. The quantitative estimate of drug-likeness (QED) is 0.386. The number of rotatable bonds is 8. The number of non-ortho nitro benzene ring substituents is 1. The molecule has 0 atom stereocenters. The molecule has 168 valence electrons. The molecule has 1 N–H and O–H groups in total. The van der Waals surface area contributed by atoms with E-state index in [-0.39, 0.29) is 36.7 Å². The number of nitrogens with zero attached hydrogens (tertiary/aromatic N) is 3. The first-order valence-electron chi connectivity index (χ1n) is 9.42. The van der Waals surface area contributed by atoms with Crippen molar-refractivity contribution in [2.75, 3.05) is 18.9 Å². The van der Waals surface area contributed by atoms with Crippen LogP contribution in [0.2, 0.25) is 10.0 Å². The average Bonchev–Trinajstić information content (AvgIpc) is 3.04. The van der Waals surface area contributed by atoms with Gasteiger partial charge < -0.3 is 14.6 Å². The molecule has 0 aliphatic heterocycles. The number of nitro groups is 1. The van der Waals surface area contributed by atoms with Crippen molar-refractivity contribution >= 4 is 57.5 Å². The Morgan fingerprint density at radius 1 is 1.19 bits per heavy atom. The molecule has 0 saturated heterocycles. The van der Waals surface area contributed by atoms with E-state index >= 15 is 0 Å². The van der Waals surface area contributed by atoms with Gasteiger partial charge in [-0.2, -0.15) is 0 Å². The van der Waals surface area contributed by atoms with Crippen LogP contribution < -0.4 is 11.1 Å². The van der Waals surface area contributed by atoms with E-state index in [2.05, 4.69) is 5.32 Å². The third-order valence-corrected chi connectivity index (χ3v) is 5.38. The number of carbonyl (C=O) groups excluding carboxylic acids is 2. The topological polar surface area (TPSA) is 128 Å². The van der Waals surface area contributed by atoms with Crippen molar-refractivity contribution in [1.82, 2.24) is 9.47 Å². The van der Waals surface area contributed by atoms with Crippen LogP contribution in [-0.4, -0.2) is 39.8 Å². The number of nitro benzene ring substituents is 1. The Morgan fingerprint density at radius 2 is 1.94 bits per heavy atom. The van der Waals surface area contributed by atoms with Crippen molar-refractivity contribution in [3.63, 3.8) is 0 Å². The zero-order valence-corrected chi connectivity index (χ0v) is 18.4. The third-order valence-electron chi connectivity index (χ3n) is 4.64. The maximum absolute atomic E-state index is 12.3. The van der Waals surface area contributed by atoms with Gasteiger partial charge in [0.1, 0.15) is 0 Å². The minimum atomic E-state index is -0.665. The van der Waals surface area contributed by atoms with E-state index in [0.29, 0.717) is 27.7 Å². The minimum Gasteiger partial charge on any atom is -0.407 e. The van der Waals surface area contributed by atoms with Gasteiger partial charge in [0, 0.05) is 31.8 Å². The van der Waals surface area contributed by atoms with Crippen molar-refractivity contribution in [1.29, 1.82) is 0 Å². The molecule has 32 heavy (non-hydrogen) atoms. The molecule has 0 radical (unpaired) electrons. The number of oxazole rings is 1. The summed E-state index contributed by atoms with van der Waals surface area (Å²) < 4.78 is 6.37. The molecular formula is C20H18Cl2N4O6.